The van der Waals surface area contributed by atoms with Crippen LogP contribution in [0.25, 0.3) is 0 Å². The van der Waals surface area contributed by atoms with Gasteiger partial charge in [0.2, 0.25) is 17.7 Å². The normalized spacial score (nSPS) is 20.0. The monoisotopic (exact) mass is 436 g/mol. The number of likely N-dealkylation sites (tertiary alicyclic amines) is 1. The zero-order valence-corrected chi connectivity index (χ0v) is 21.0. The van der Waals surface area contributed by atoms with Gasteiger partial charge in [0.25, 0.3) is 0 Å². The lowest BCUT2D eigenvalue weighted by Crippen LogP contribution is -2.57. The van der Waals surface area contributed by atoms with Crippen molar-refractivity contribution < 1.29 is 14.4 Å². The van der Waals surface area contributed by atoms with Crippen molar-refractivity contribution in [1.82, 2.24) is 20.4 Å². The van der Waals surface area contributed by atoms with Crippen molar-refractivity contribution in [1.29, 1.82) is 0 Å². The van der Waals surface area contributed by atoms with E-state index in [4.69, 9.17) is 0 Å². The van der Waals surface area contributed by atoms with Gasteiger partial charge in [-0.15, -0.1) is 0 Å². The average molecular weight is 437 g/mol. The minimum absolute atomic E-state index is 0.0464. The summed E-state index contributed by atoms with van der Waals surface area (Å²) >= 11 is 0. The van der Waals surface area contributed by atoms with Crippen LogP contribution < -0.4 is 10.6 Å². The van der Waals surface area contributed by atoms with Gasteiger partial charge in [0.05, 0.1) is 12.1 Å². The Morgan fingerprint density at radius 2 is 1.61 bits per heavy atom. The Morgan fingerprint density at radius 1 is 1.00 bits per heavy atom. The molecule has 1 aliphatic heterocycles. The second-order valence-electron chi connectivity index (χ2n) is 9.88. The van der Waals surface area contributed by atoms with Crippen LogP contribution in [0.1, 0.15) is 67.7 Å². The molecule has 0 aromatic rings. The molecule has 0 aromatic heterocycles. The first-order valence-electron chi connectivity index (χ1n) is 11.6. The molecule has 0 unspecified atom stereocenters. The third-order valence-corrected chi connectivity index (χ3v) is 5.98. The first-order valence-corrected chi connectivity index (χ1v) is 11.6. The van der Waals surface area contributed by atoms with Crippen molar-refractivity contribution >= 4 is 17.7 Å². The first kappa shape index (κ1) is 27.1. The SMILES string of the molecule is C/C(=C\[C@H](C(C)C)N(C)C(=O)[C@@H](NC(=O)[C@H]1CCCCN1C)C(C)C)C(=O)NC(C)C. The van der Waals surface area contributed by atoms with Crippen molar-refractivity contribution in [2.24, 2.45) is 11.8 Å². The molecule has 178 valence electrons. The van der Waals surface area contributed by atoms with Crippen LogP contribution in [0.5, 0.6) is 0 Å². The molecule has 0 saturated carbocycles. The summed E-state index contributed by atoms with van der Waals surface area (Å²) in [7, 11) is 3.72. The standard InChI is InChI=1S/C24H44N4O3/c1-15(2)20(14-18(7)22(29)25-17(5)6)28(9)24(31)21(16(3)4)26-23(30)19-12-10-11-13-27(19)8/h14-17,19-21H,10-13H2,1-9H3,(H,25,29)(H,26,30)/b18-14+/t19-,20-,21+/m1/s1. The Kier molecular flexibility index (Phi) is 10.7. The highest BCUT2D eigenvalue weighted by Crippen LogP contribution is 2.19. The van der Waals surface area contributed by atoms with Gasteiger partial charge in [0.1, 0.15) is 6.04 Å². The highest BCUT2D eigenvalue weighted by atomic mass is 16.2. The first-order chi connectivity index (χ1) is 14.4. The largest absolute Gasteiger partial charge is 0.350 e. The van der Waals surface area contributed by atoms with E-state index in [2.05, 4.69) is 15.5 Å². The maximum atomic E-state index is 13.4. The topological polar surface area (TPSA) is 81.8 Å². The molecule has 2 N–H and O–H groups in total. The lowest BCUT2D eigenvalue weighted by Gasteiger charge is -2.36. The summed E-state index contributed by atoms with van der Waals surface area (Å²) in [4.78, 5) is 42.5. The number of hydrogen-bond acceptors (Lipinski definition) is 4. The number of hydrogen-bond donors (Lipinski definition) is 2. The molecule has 1 aliphatic rings. The summed E-state index contributed by atoms with van der Waals surface area (Å²) in [5, 5.41) is 5.91. The molecular weight excluding hydrogens is 392 g/mol. The Balaban J connectivity index is 3.01. The predicted molar refractivity (Wildman–Crippen MR) is 125 cm³/mol. The van der Waals surface area contributed by atoms with Crippen LogP contribution in [0.15, 0.2) is 11.6 Å². The van der Waals surface area contributed by atoms with Crippen molar-refractivity contribution in [2.45, 2.75) is 91.9 Å². The van der Waals surface area contributed by atoms with E-state index < -0.39 is 6.04 Å². The minimum atomic E-state index is -0.604. The molecule has 1 rings (SSSR count). The molecule has 31 heavy (non-hydrogen) atoms. The molecule has 0 aromatic carbocycles. The molecule has 0 radical (unpaired) electrons. The van der Waals surface area contributed by atoms with E-state index in [-0.39, 0.29) is 47.7 Å². The third kappa shape index (κ3) is 7.95. The Morgan fingerprint density at radius 3 is 2.10 bits per heavy atom. The summed E-state index contributed by atoms with van der Waals surface area (Å²) in [6, 6.07) is -0.991. The summed E-state index contributed by atoms with van der Waals surface area (Å²) < 4.78 is 0. The van der Waals surface area contributed by atoms with E-state index in [1.165, 1.54) is 0 Å². The molecule has 1 fully saturated rings. The summed E-state index contributed by atoms with van der Waals surface area (Å²) in [6.07, 6.45) is 4.80. The smallest absolute Gasteiger partial charge is 0.246 e. The molecule has 0 bridgehead atoms. The fraction of sp³-hybridized carbons (Fsp3) is 0.792. The van der Waals surface area contributed by atoms with Crippen molar-refractivity contribution in [2.75, 3.05) is 20.6 Å². The van der Waals surface area contributed by atoms with E-state index in [0.717, 1.165) is 25.8 Å². The van der Waals surface area contributed by atoms with Gasteiger partial charge in [0, 0.05) is 18.7 Å². The molecular formula is C24H44N4O3. The van der Waals surface area contributed by atoms with Crippen LogP contribution >= 0.6 is 0 Å². The molecule has 0 spiro atoms. The molecule has 3 amide bonds. The lowest BCUT2D eigenvalue weighted by molar-refractivity contribution is -0.139. The van der Waals surface area contributed by atoms with Crippen molar-refractivity contribution in [3.05, 3.63) is 11.6 Å². The molecule has 3 atom stereocenters. The number of rotatable bonds is 9. The summed E-state index contributed by atoms with van der Waals surface area (Å²) in [5.41, 5.74) is 0.584. The quantitative estimate of drug-likeness (QED) is 0.544. The Hall–Kier alpha value is -1.89. The highest BCUT2D eigenvalue weighted by molar-refractivity contribution is 5.93. The van der Waals surface area contributed by atoms with E-state index >= 15 is 0 Å². The molecule has 7 nitrogen and oxygen atoms in total. The van der Waals surface area contributed by atoms with Gasteiger partial charge in [-0.25, -0.2) is 0 Å². The number of nitrogens with zero attached hydrogens (tertiary/aromatic N) is 2. The van der Waals surface area contributed by atoms with Gasteiger partial charge in [-0.05, 0) is 59.0 Å². The maximum absolute atomic E-state index is 13.4. The van der Waals surface area contributed by atoms with Crippen LogP contribution in [0.4, 0.5) is 0 Å². The highest BCUT2D eigenvalue weighted by Gasteiger charge is 2.34. The number of carbonyl (C=O) groups is 3. The van der Waals surface area contributed by atoms with Crippen LogP contribution in [0, 0.1) is 11.8 Å². The molecule has 1 heterocycles. The summed E-state index contributed by atoms with van der Waals surface area (Å²) in [6.45, 7) is 14.5. The Bertz CT molecular complexity index is 657. The van der Waals surface area contributed by atoms with Gasteiger partial charge >= 0.3 is 0 Å². The molecule has 7 heteroatoms. The van der Waals surface area contributed by atoms with E-state index in [1.807, 2.05) is 54.7 Å². The van der Waals surface area contributed by atoms with Gasteiger partial charge < -0.3 is 15.5 Å². The molecule has 1 saturated heterocycles. The number of amides is 3. The molecule has 0 aliphatic carbocycles. The zero-order chi connectivity index (χ0) is 23.9. The fourth-order valence-electron chi connectivity index (χ4n) is 4.00. The number of carbonyl (C=O) groups excluding carboxylic acids is 3. The van der Waals surface area contributed by atoms with Crippen LogP contribution in [0.2, 0.25) is 0 Å². The van der Waals surface area contributed by atoms with Crippen LogP contribution in [0.3, 0.4) is 0 Å². The van der Waals surface area contributed by atoms with E-state index in [9.17, 15) is 14.4 Å². The maximum Gasteiger partial charge on any atom is 0.246 e. The number of nitrogens with one attached hydrogen (secondary N) is 2. The number of piperidine rings is 1. The second kappa shape index (κ2) is 12.2. The van der Waals surface area contributed by atoms with Crippen molar-refractivity contribution in [3.8, 4) is 0 Å². The Labute approximate surface area is 189 Å². The van der Waals surface area contributed by atoms with Crippen molar-refractivity contribution in [3.63, 3.8) is 0 Å². The van der Waals surface area contributed by atoms with Gasteiger partial charge in [-0.2, -0.15) is 0 Å². The minimum Gasteiger partial charge on any atom is -0.350 e. The fourth-order valence-corrected chi connectivity index (χ4v) is 4.00. The third-order valence-electron chi connectivity index (χ3n) is 5.98. The zero-order valence-electron chi connectivity index (χ0n) is 21.0. The van der Waals surface area contributed by atoms with Gasteiger partial charge in [-0.3, -0.25) is 19.3 Å². The predicted octanol–water partition coefficient (Wildman–Crippen LogP) is 2.57. The average Bonchev–Trinajstić information content (AvgIpc) is 2.68. The number of likely N-dealkylation sites (N-methyl/N-ethyl adjacent to an activating group) is 2. The summed E-state index contributed by atoms with van der Waals surface area (Å²) in [5.74, 6) is -0.269. The van der Waals surface area contributed by atoms with E-state index in [1.54, 1.807) is 18.9 Å². The van der Waals surface area contributed by atoms with Crippen LogP contribution in [-0.2, 0) is 14.4 Å². The lowest BCUT2D eigenvalue weighted by atomic mass is 9.96. The van der Waals surface area contributed by atoms with Gasteiger partial charge in [-0.1, -0.05) is 40.2 Å². The van der Waals surface area contributed by atoms with E-state index in [0.29, 0.717) is 5.57 Å². The second-order valence-corrected chi connectivity index (χ2v) is 9.88. The van der Waals surface area contributed by atoms with Gasteiger partial charge in [0.15, 0.2) is 0 Å². The van der Waals surface area contributed by atoms with Crippen LogP contribution in [-0.4, -0.2) is 72.3 Å².